The van der Waals surface area contributed by atoms with E-state index in [1.165, 1.54) is 5.70 Å². The molecule has 0 radical (unpaired) electrons. The van der Waals surface area contributed by atoms with Crippen molar-refractivity contribution in [3.8, 4) is 0 Å². The summed E-state index contributed by atoms with van der Waals surface area (Å²) in [6, 6.07) is 0.443. The van der Waals surface area contributed by atoms with Crippen LogP contribution in [0.15, 0.2) is 12.5 Å². The quantitative estimate of drug-likeness (QED) is 0.491. The lowest BCUT2D eigenvalue weighted by atomic mass is 10.1. The first-order valence-corrected chi connectivity index (χ1v) is 4.43. The van der Waals surface area contributed by atoms with Gasteiger partial charge in [-0.2, -0.15) is 0 Å². The lowest BCUT2D eigenvalue weighted by Gasteiger charge is -2.12. The van der Waals surface area contributed by atoms with Crippen LogP contribution in [0.4, 0.5) is 0 Å². The van der Waals surface area contributed by atoms with E-state index in [1.807, 2.05) is 6.20 Å². The minimum atomic E-state index is 0.443. The fraction of sp³-hybridized carbons (Fsp3) is 0.333. The van der Waals surface area contributed by atoms with Crippen LogP contribution in [0.3, 0.4) is 0 Å². The van der Waals surface area contributed by atoms with Gasteiger partial charge in [-0.1, -0.05) is 6.08 Å². The van der Waals surface area contributed by atoms with Gasteiger partial charge in [-0.05, 0) is 6.42 Å². The van der Waals surface area contributed by atoms with Gasteiger partial charge in [0.1, 0.15) is 6.33 Å². The molecule has 2 N–H and O–H groups in total. The molecule has 1 aromatic heterocycles. The third kappa shape index (κ3) is 0.954. The highest BCUT2D eigenvalue weighted by atomic mass is 15.2. The third-order valence-electron chi connectivity index (χ3n) is 2.56. The summed E-state index contributed by atoms with van der Waals surface area (Å²) in [5, 5.41) is 8.88. The maximum atomic E-state index is 4.22. The summed E-state index contributed by atoms with van der Waals surface area (Å²) >= 11 is 0. The number of nitrogens with zero attached hydrogens (tertiary/aromatic N) is 2. The zero-order chi connectivity index (χ0) is 8.67. The van der Waals surface area contributed by atoms with Crippen molar-refractivity contribution in [2.45, 2.75) is 12.5 Å². The molecule has 0 saturated carbocycles. The van der Waals surface area contributed by atoms with Crippen LogP contribution < -0.4 is 21.2 Å². The Morgan fingerprint density at radius 1 is 1.46 bits per heavy atom. The monoisotopic (exact) mass is 174 g/mol. The highest BCUT2D eigenvalue weighted by Gasteiger charge is 2.21. The summed E-state index contributed by atoms with van der Waals surface area (Å²) in [5.41, 5.74) is 1.25. The third-order valence-corrected chi connectivity index (χ3v) is 2.56. The molecular formula is C9H10N4. The predicted molar refractivity (Wildman–Crippen MR) is 48.7 cm³/mol. The van der Waals surface area contributed by atoms with Gasteiger partial charge in [0.05, 0.1) is 18.1 Å². The molecule has 3 rings (SSSR count). The van der Waals surface area contributed by atoms with Crippen molar-refractivity contribution in [3.05, 3.63) is 23.1 Å². The summed E-state index contributed by atoms with van der Waals surface area (Å²) in [5.74, 6) is 0. The van der Waals surface area contributed by atoms with Crippen molar-refractivity contribution >= 4 is 11.8 Å². The average Bonchev–Trinajstić information content (AvgIpc) is 2.65. The van der Waals surface area contributed by atoms with Crippen molar-refractivity contribution in [2.24, 2.45) is 0 Å². The normalized spacial score (nSPS) is 24.3. The Bertz CT molecular complexity index is 451. The van der Waals surface area contributed by atoms with Crippen LogP contribution in [0, 0.1) is 0 Å². The van der Waals surface area contributed by atoms with E-state index in [4.69, 9.17) is 0 Å². The average molecular weight is 174 g/mol. The Kier molecular flexibility index (Phi) is 1.37. The minimum absolute atomic E-state index is 0.443. The molecular weight excluding hydrogens is 164 g/mol. The molecule has 2 heterocycles. The smallest absolute Gasteiger partial charge is 0.116 e. The number of nitrogens with one attached hydrogen (secondary N) is 2. The molecule has 4 heteroatoms. The summed E-state index contributed by atoms with van der Waals surface area (Å²) < 4.78 is 0. The van der Waals surface area contributed by atoms with Crippen LogP contribution in [0.5, 0.6) is 0 Å². The van der Waals surface area contributed by atoms with Gasteiger partial charge in [-0.15, -0.1) is 0 Å². The molecule has 66 valence electrons. The van der Waals surface area contributed by atoms with Crippen molar-refractivity contribution in [1.29, 1.82) is 0 Å². The summed E-state index contributed by atoms with van der Waals surface area (Å²) in [6.07, 6.45) is 6.65. The number of hydrogen-bond donors (Lipinski definition) is 2. The van der Waals surface area contributed by atoms with E-state index < -0.39 is 0 Å². The van der Waals surface area contributed by atoms with Gasteiger partial charge >= 0.3 is 0 Å². The van der Waals surface area contributed by atoms with Gasteiger partial charge in [0, 0.05) is 17.1 Å². The van der Waals surface area contributed by atoms with E-state index in [1.54, 1.807) is 6.33 Å². The van der Waals surface area contributed by atoms with E-state index in [9.17, 15) is 0 Å². The standard InChI is InChI=1S/C9H10N4/c1-2-8-9(13-5-12-8)6-3-10-4-11-7(1)6/h1,3-4,8,12-13H,2,5H2. The van der Waals surface area contributed by atoms with Gasteiger partial charge in [-0.3, -0.25) is 5.32 Å². The maximum Gasteiger partial charge on any atom is 0.116 e. The summed E-state index contributed by atoms with van der Waals surface area (Å²) in [6.45, 7) is 0.849. The maximum absolute atomic E-state index is 4.22. The zero-order valence-corrected chi connectivity index (χ0v) is 7.12. The topological polar surface area (TPSA) is 49.8 Å². The molecule has 1 atom stereocenters. The zero-order valence-electron chi connectivity index (χ0n) is 7.12. The molecule has 13 heavy (non-hydrogen) atoms. The van der Waals surface area contributed by atoms with E-state index in [-0.39, 0.29) is 0 Å². The molecule has 1 aliphatic heterocycles. The van der Waals surface area contributed by atoms with Crippen molar-refractivity contribution in [3.63, 3.8) is 0 Å². The summed E-state index contributed by atoms with van der Waals surface area (Å²) in [4.78, 5) is 8.26. The molecule has 4 nitrogen and oxygen atoms in total. The Labute approximate surface area is 75.4 Å². The molecule has 0 amide bonds. The van der Waals surface area contributed by atoms with Crippen molar-refractivity contribution < 1.29 is 0 Å². The molecule has 0 aromatic carbocycles. The van der Waals surface area contributed by atoms with Crippen molar-refractivity contribution in [2.75, 3.05) is 6.67 Å². The SMILES string of the molecule is C1=c2ncncc2=C2NCNC2C1. The first-order chi connectivity index (χ1) is 6.45. The second-order valence-electron chi connectivity index (χ2n) is 3.29. The minimum Gasteiger partial charge on any atom is -0.374 e. The lowest BCUT2D eigenvalue weighted by molar-refractivity contribution is 0.689. The van der Waals surface area contributed by atoms with Crippen molar-refractivity contribution in [1.82, 2.24) is 20.6 Å². The van der Waals surface area contributed by atoms with Gasteiger partial charge in [-0.25, -0.2) is 9.97 Å². The molecule has 0 spiro atoms. The lowest BCUT2D eigenvalue weighted by Crippen LogP contribution is -2.39. The summed E-state index contributed by atoms with van der Waals surface area (Å²) in [7, 11) is 0. The molecule has 1 unspecified atom stereocenters. The molecule has 1 aromatic rings. The molecule has 1 fully saturated rings. The van der Waals surface area contributed by atoms with E-state index in [2.05, 4.69) is 26.7 Å². The van der Waals surface area contributed by atoms with Gasteiger partial charge in [0.25, 0.3) is 0 Å². The Morgan fingerprint density at radius 3 is 3.46 bits per heavy atom. The highest BCUT2D eigenvalue weighted by Crippen LogP contribution is 2.09. The number of fused-ring (bicyclic) bond motifs is 2. The van der Waals surface area contributed by atoms with E-state index in [0.29, 0.717) is 6.04 Å². The predicted octanol–water partition coefficient (Wildman–Crippen LogP) is -1.71. The van der Waals surface area contributed by atoms with Crippen LogP contribution in [-0.4, -0.2) is 22.7 Å². The molecule has 0 bridgehead atoms. The van der Waals surface area contributed by atoms with Crippen LogP contribution in [0.1, 0.15) is 6.42 Å². The number of rotatable bonds is 0. The van der Waals surface area contributed by atoms with Gasteiger partial charge < -0.3 is 5.32 Å². The fourth-order valence-corrected chi connectivity index (χ4v) is 1.92. The largest absolute Gasteiger partial charge is 0.374 e. The number of aromatic nitrogens is 2. The first-order valence-electron chi connectivity index (χ1n) is 4.43. The molecule has 2 aliphatic rings. The highest BCUT2D eigenvalue weighted by molar-refractivity contribution is 5.55. The van der Waals surface area contributed by atoms with Crippen LogP contribution in [0.25, 0.3) is 11.8 Å². The van der Waals surface area contributed by atoms with E-state index >= 15 is 0 Å². The van der Waals surface area contributed by atoms with Gasteiger partial charge in [0.2, 0.25) is 0 Å². The second kappa shape index (κ2) is 2.53. The van der Waals surface area contributed by atoms with Crippen LogP contribution in [0.2, 0.25) is 0 Å². The Balaban J connectivity index is 2.38. The Hall–Kier alpha value is -1.42. The first kappa shape index (κ1) is 7.03. The van der Waals surface area contributed by atoms with E-state index in [0.717, 1.165) is 23.7 Å². The van der Waals surface area contributed by atoms with Crippen LogP contribution >= 0.6 is 0 Å². The van der Waals surface area contributed by atoms with Crippen LogP contribution in [-0.2, 0) is 0 Å². The molecule has 1 aliphatic carbocycles. The Morgan fingerprint density at radius 2 is 2.46 bits per heavy atom. The van der Waals surface area contributed by atoms with Gasteiger partial charge in [0.15, 0.2) is 0 Å². The number of hydrogen-bond acceptors (Lipinski definition) is 4. The fourth-order valence-electron chi connectivity index (χ4n) is 1.92. The molecule has 1 saturated heterocycles. The second-order valence-corrected chi connectivity index (χ2v) is 3.29.